The van der Waals surface area contributed by atoms with Gasteiger partial charge >= 0.3 is 0 Å². The van der Waals surface area contributed by atoms with Crippen LogP contribution in [0.3, 0.4) is 0 Å². The predicted octanol–water partition coefficient (Wildman–Crippen LogP) is 2.44. The molecule has 0 saturated carbocycles. The molecule has 0 radical (unpaired) electrons. The summed E-state index contributed by atoms with van der Waals surface area (Å²) >= 11 is 4.93. The Balaban J connectivity index is 2.99. The van der Waals surface area contributed by atoms with Crippen LogP contribution in [0.2, 0.25) is 0 Å². The van der Waals surface area contributed by atoms with Crippen LogP contribution in [0.5, 0.6) is 0 Å². The van der Waals surface area contributed by atoms with E-state index in [9.17, 15) is 4.21 Å². The molecule has 0 amide bonds. The summed E-state index contributed by atoms with van der Waals surface area (Å²) in [5, 5.41) is 0. The van der Waals surface area contributed by atoms with Gasteiger partial charge in [-0.1, -0.05) is 17.7 Å². The molecule has 0 saturated heterocycles. The van der Waals surface area contributed by atoms with Crippen molar-refractivity contribution in [1.29, 1.82) is 0 Å². The molecule has 0 N–H and O–H groups in total. The molecule has 14 heavy (non-hydrogen) atoms. The van der Waals surface area contributed by atoms with Crippen molar-refractivity contribution in [2.24, 2.45) is 0 Å². The maximum Gasteiger partial charge on any atom is 0.173 e. The minimum absolute atomic E-state index is 0.124. The van der Waals surface area contributed by atoms with Crippen molar-refractivity contribution in [3.8, 4) is 0 Å². The Kier molecular flexibility index (Phi) is 3.64. The topological polar surface area (TPSA) is 26.3 Å². The summed E-state index contributed by atoms with van der Waals surface area (Å²) in [5.41, 5.74) is 1.11. The lowest BCUT2D eigenvalue weighted by atomic mass is 10.2. The van der Waals surface area contributed by atoms with E-state index >= 15 is 0 Å². The highest BCUT2D eigenvalue weighted by Crippen LogP contribution is 2.15. The Bertz CT molecular complexity index is 391. The second-order valence-electron chi connectivity index (χ2n) is 3.41. The van der Waals surface area contributed by atoms with Gasteiger partial charge in [-0.15, -0.1) is 0 Å². The van der Waals surface area contributed by atoms with Gasteiger partial charge in [-0.25, -0.2) is 4.21 Å². The molecule has 4 heteroatoms. The van der Waals surface area contributed by atoms with E-state index in [-0.39, 0.29) is 6.10 Å². The van der Waals surface area contributed by atoms with Crippen LogP contribution in [-0.4, -0.2) is 10.3 Å². The van der Waals surface area contributed by atoms with Gasteiger partial charge in [-0.3, -0.25) is 4.18 Å². The van der Waals surface area contributed by atoms with Crippen molar-refractivity contribution in [2.75, 3.05) is 0 Å². The maximum absolute atomic E-state index is 11.9. The molecule has 1 atom stereocenters. The van der Waals surface area contributed by atoms with E-state index < -0.39 is 8.77 Å². The first-order valence-corrected chi connectivity index (χ1v) is 6.82. The van der Waals surface area contributed by atoms with Gasteiger partial charge in [-0.05, 0) is 32.9 Å². The van der Waals surface area contributed by atoms with Gasteiger partial charge in [0.2, 0.25) is 0 Å². The third-order valence-electron chi connectivity index (χ3n) is 1.63. The molecule has 0 fully saturated rings. The standard InChI is InChI=1S/C10H14O2S2/c1-8(2)12-14(11,13)10-6-4-9(3)5-7-10/h4-8H,1-3H3. The summed E-state index contributed by atoms with van der Waals surface area (Å²) < 4.78 is 17.1. The molecule has 1 aromatic carbocycles. The van der Waals surface area contributed by atoms with E-state index in [0.717, 1.165) is 5.56 Å². The molecule has 0 spiro atoms. The van der Waals surface area contributed by atoms with Gasteiger partial charge in [0.15, 0.2) is 8.77 Å². The van der Waals surface area contributed by atoms with Crippen LogP contribution in [0.4, 0.5) is 0 Å². The van der Waals surface area contributed by atoms with Crippen LogP contribution in [0.1, 0.15) is 19.4 Å². The monoisotopic (exact) mass is 230 g/mol. The van der Waals surface area contributed by atoms with Crippen LogP contribution in [0.25, 0.3) is 0 Å². The van der Waals surface area contributed by atoms with Crippen molar-refractivity contribution < 1.29 is 8.39 Å². The number of aryl methyl sites for hydroxylation is 1. The summed E-state index contributed by atoms with van der Waals surface area (Å²) in [6, 6.07) is 7.27. The number of benzene rings is 1. The lowest BCUT2D eigenvalue weighted by molar-refractivity contribution is 0.268. The molecular weight excluding hydrogens is 216 g/mol. The van der Waals surface area contributed by atoms with Gasteiger partial charge < -0.3 is 0 Å². The Morgan fingerprint density at radius 1 is 1.29 bits per heavy atom. The lowest BCUT2D eigenvalue weighted by Crippen LogP contribution is -2.11. The average molecular weight is 230 g/mol. The first-order chi connectivity index (χ1) is 6.42. The van der Waals surface area contributed by atoms with Crippen molar-refractivity contribution in [3.05, 3.63) is 29.8 Å². The van der Waals surface area contributed by atoms with E-state index in [4.69, 9.17) is 15.4 Å². The van der Waals surface area contributed by atoms with Crippen LogP contribution < -0.4 is 0 Å². The van der Waals surface area contributed by atoms with E-state index in [2.05, 4.69) is 0 Å². The number of hydrogen-bond donors (Lipinski definition) is 0. The molecular formula is C10H14O2S2. The second-order valence-corrected chi connectivity index (χ2v) is 6.30. The average Bonchev–Trinajstić information content (AvgIpc) is 2.02. The Morgan fingerprint density at radius 2 is 1.79 bits per heavy atom. The van der Waals surface area contributed by atoms with Crippen molar-refractivity contribution in [3.63, 3.8) is 0 Å². The molecule has 2 nitrogen and oxygen atoms in total. The van der Waals surface area contributed by atoms with Crippen LogP contribution in [0.15, 0.2) is 29.2 Å². The highest BCUT2D eigenvalue weighted by Gasteiger charge is 2.11. The smallest absolute Gasteiger partial charge is 0.173 e. The molecule has 1 unspecified atom stereocenters. The zero-order chi connectivity index (χ0) is 10.8. The molecule has 78 valence electrons. The Morgan fingerprint density at radius 3 is 2.21 bits per heavy atom. The third kappa shape index (κ3) is 3.04. The van der Waals surface area contributed by atoms with Gasteiger partial charge in [0.05, 0.1) is 11.0 Å². The SMILES string of the molecule is Cc1ccc(S(=O)(=S)OC(C)C)cc1. The molecule has 1 aromatic rings. The first kappa shape index (κ1) is 11.6. The molecule has 0 heterocycles. The lowest BCUT2D eigenvalue weighted by Gasteiger charge is -2.11. The molecule has 0 aliphatic rings. The molecule has 0 aromatic heterocycles. The van der Waals surface area contributed by atoms with Gasteiger partial charge in [0.1, 0.15) is 0 Å². The normalized spacial score (nSPS) is 15.4. The summed E-state index contributed by atoms with van der Waals surface area (Å²) in [6.07, 6.45) is -0.124. The highest BCUT2D eigenvalue weighted by molar-refractivity contribution is 8.30. The number of hydrogen-bond acceptors (Lipinski definition) is 3. The molecule has 0 bridgehead atoms. The quantitative estimate of drug-likeness (QED) is 0.798. The maximum atomic E-state index is 11.9. The van der Waals surface area contributed by atoms with E-state index in [1.807, 2.05) is 32.9 Å². The zero-order valence-corrected chi connectivity index (χ0v) is 10.2. The fourth-order valence-corrected chi connectivity index (χ4v) is 2.91. The van der Waals surface area contributed by atoms with E-state index in [1.54, 1.807) is 12.1 Å². The summed E-state index contributed by atoms with van der Waals surface area (Å²) in [6.45, 7) is 5.61. The summed E-state index contributed by atoms with van der Waals surface area (Å²) in [4.78, 5) is 0.576. The fourth-order valence-electron chi connectivity index (χ4n) is 1.01. The molecule has 1 rings (SSSR count). The van der Waals surface area contributed by atoms with Crippen molar-refractivity contribution >= 4 is 20.0 Å². The van der Waals surface area contributed by atoms with Gasteiger partial charge in [-0.2, -0.15) is 0 Å². The minimum Gasteiger partial charge on any atom is -0.284 e. The van der Waals surface area contributed by atoms with E-state index in [0.29, 0.717) is 4.90 Å². The Labute approximate surface area is 90.2 Å². The van der Waals surface area contributed by atoms with Crippen molar-refractivity contribution in [1.82, 2.24) is 0 Å². The largest absolute Gasteiger partial charge is 0.284 e. The third-order valence-corrected chi connectivity index (χ3v) is 3.93. The van der Waals surface area contributed by atoms with Gasteiger partial charge in [0, 0.05) is 11.2 Å². The Hall–Kier alpha value is -0.450. The first-order valence-electron chi connectivity index (χ1n) is 4.42. The van der Waals surface area contributed by atoms with E-state index in [1.165, 1.54) is 0 Å². The van der Waals surface area contributed by atoms with Crippen LogP contribution >= 0.6 is 0 Å². The summed E-state index contributed by atoms with van der Waals surface area (Å²) in [7, 11) is -2.74. The highest BCUT2D eigenvalue weighted by atomic mass is 32.8. The minimum atomic E-state index is -2.74. The molecule has 0 aliphatic carbocycles. The second kappa shape index (κ2) is 4.38. The van der Waals surface area contributed by atoms with Crippen LogP contribution in [0, 0.1) is 6.92 Å². The zero-order valence-electron chi connectivity index (χ0n) is 8.52. The predicted molar refractivity (Wildman–Crippen MR) is 61.2 cm³/mol. The molecule has 0 aliphatic heterocycles. The van der Waals surface area contributed by atoms with Crippen molar-refractivity contribution in [2.45, 2.75) is 31.8 Å². The number of rotatable bonds is 3. The van der Waals surface area contributed by atoms with Gasteiger partial charge in [0.25, 0.3) is 0 Å². The van der Waals surface area contributed by atoms with Crippen LogP contribution in [-0.2, 0) is 24.1 Å². The fraction of sp³-hybridized carbons (Fsp3) is 0.400. The summed E-state index contributed by atoms with van der Waals surface area (Å²) in [5.74, 6) is 0.